The zero-order valence-electron chi connectivity index (χ0n) is 20.6. The lowest BCUT2D eigenvalue weighted by molar-refractivity contribution is -0.595. The van der Waals surface area contributed by atoms with E-state index in [2.05, 4.69) is 0 Å². The van der Waals surface area contributed by atoms with Crippen LogP contribution in [0.4, 0.5) is 0 Å². The molecule has 0 unspecified atom stereocenters. The number of benzene rings is 1. The Kier molecular flexibility index (Phi) is 6.92. The van der Waals surface area contributed by atoms with Crippen LogP contribution in [0.25, 0.3) is 0 Å². The molecule has 0 spiro atoms. The minimum absolute atomic E-state index is 0.0957. The van der Waals surface area contributed by atoms with Gasteiger partial charge in [0.2, 0.25) is 11.6 Å². The number of furan rings is 2. The van der Waals surface area contributed by atoms with E-state index >= 15 is 0 Å². The van der Waals surface area contributed by atoms with Gasteiger partial charge in [0.1, 0.15) is 17.1 Å². The molecule has 11 heteroatoms. The quantitative estimate of drug-likeness (QED) is 0.281. The Balaban J connectivity index is 2.02. The van der Waals surface area contributed by atoms with Gasteiger partial charge < -0.3 is 18.7 Å². The molecule has 2 heterocycles. The van der Waals surface area contributed by atoms with Crippen molar-refractivity contribution < 1.29 is 33.3 Å². The number of nitro groups is 2. The van der Waals surface area contributed by atoms with Crippen molar-refractivity contribution in [3.8, 4) is 0 Å². The lowest BCUT2D eigenvalue weighted by Crippen LogP contribution is -2.70. The molecule has 1 saturated carbocycles. The first-order chi connectivity index (χ1) is 17.4. The summed E-state index contributed by atoms with van der Waals surface area (Å²) in [5.41, 5.74) is -3.27. The summed E-state index contributed by atoms with van der Waals surface area (Å²) in [6.07, 6.45) is 2.45. The van der Waals surface area contributed by atoms with Gasteiger partial charge in [-0.15, -0.1) is 0 Å². The molecule has 196 valence electrons. The molecule has 0 bridgehead atoms. The predicted molar refractivity (Wildman–Crippen MR) is 129 cm³/mol. The summed E-state index contributed by atoms with van der Waals surface area (Å²) < 4.78 is 16.5. The van der Waals surface area contributed by atoms with Crippen molar-refractivity contribution in [2.75, 3.05) is 0 Å². The third kappa shape index (κ3) is 4.86. The molecular weight excluding hydrogens is 484 g/mol. The van der Waals surface area contributed by atoms with E-state index < -0.39 is 56.9 Å². The number of carbonyl (C=O) groups is 1. The molecule has 0 amide bonds. The van der Waals surface area contributed by atoms with Crippen LogP contribution in [-0.4, -0.2) is 44.2 Å². The van der Waals surface area contributed by atoms with E-state index in [-0.39, 0.29) is 17.9 Å². The molecule has 0 aliphatic heterocycles. The molecule has 2 aromatic heterocycles. The van der Waals surface area contributed by atoms with E-state index in [9.17, 15) is 30.1 Å². The summed E-state index contributed by atoms with van der Waals surface area (Å²) in [4.78, 5) is 37.6. The summed E-state index contributed by atoms with van der Waals surface area (Å²) in [6, 6.07) is 10.7. The Morgan fingerprint density at radius 3 is 1.97 bits per heavy atom. The Morgan fingerprint density at radius 2 is 1.51 bits per heavy atom. The van der Waals surface area contributed by atoms with Gasteiger partial charge in [-0.2, -0.15) is 0 Å². The molecule has 1 fully saturated rings. The predicted octanol–water partition coefficient (Wildman–Crippen LogP) is 3.98. The maximum atomic E-state index is 13.8. The molecule has 0 radical (unpaired) electrons. The van der Waals surface area contributed by atoms with Crippen molar-refractivity contribution in [3.05, 3.63) is 104 Å². The maximum Gasteiger partial charge on any atom is 0.346 e. The molecule has 0 saturated heterocycles. The SMILES string of the molecule is CC(C)(C)OC(=O)[C@@]1(O)[C@H](Cc2ccccc2)[C@H](c2ccco2)[C@H]([N+](=O)[O-])[C@@H](c2ccco2)[C@@H]1[N+](=O)[O-]. The number of nitrogens with zero attached hydrogens (tertiary/aromatic N) is 2. The fourth-order valence-corrected chi connectivity index (χ4v) is 5.40. The van der Waals surface area contributed by atoms with Gasteiger partial charge in [0.15, 0.2) is 5.92 Å². The molecule has 6 atom stereocenters. The van der Waals surface area contributed by atoms with Gasteiger partial charge in [-0.25, -0.2) is 4.79 Å². The molecule has 37 heavy (non-hydrogen) atoms. The average molecular weight is 513 g/mol. The van der Waals surface area contributed by atoms with Crippen LogP contribution in [0.5, 0.6) is 0 Å². The van der Waals surface area contributed by atoms with Crippen LogP contribution >= 0.6 is 0 Å². The van der Waals surface area contributed by atoms with Crippen LogP contribution < -0.4 is 0 Å². The van der Waals surface area contributed by atoms with Gasteiger partial charge in [-0.3, -0.25) is 20.2 Å². The van der Waals surface area contributed by atoms with Crippen molar-refractivity contribution in [2.45, 2.75) is 62.3 Å². The summed E-state index contributed by atoms with van der Waals surface area (Å²) >= 11 is 0. The van der Waals surface area contributed by atoms with E-state index in [1.165, 1.54) is 36.8 Å². The van der Waals surface area contributed by atoms with E-state index in [0.717, 1.165) is 0 Å². The van der Waals surface area contributed by atoms with Crippen LogP contribution in [0.3, 0.4) is 0 Å². The molecule has 4 rings (SSSR count). The Labute approximate surface area is 212 Å². The summed E-state index contributed by atoms with van der Waals surface area (Å²) in [6.45, 7) is 4.70. The fraction of sp³-hybridized carbons (Fsp3) is 0.423. The first kappa shape index (κ1) is 26.1. The van der Waals surface area contributed by atoms with Gasteiger partial charge in [0, 0.05) is 15.8 Å². The first-order valence-electron chi connectivity index (χ1n) is 11.8. The van der Waals surface area contributed by atoms with Gasteiger partial charge in [-0.1, -0.05) is 30.3 Å². The van der Waals surface area contributed by atoms with Crippen LogP contribution in [0, 0.1) is 26.1 Å². The van der Waals surface area contributed by atoms with Gasteiger partial charge in [0.05, 0.1) is 18.4 Å². The lowest BCUT2D eigenvalue weighted by atomic mass is 9.57. The normalized spacial score (nSPS) is 27.9. The monoisotopic (exact) mass is 512 g/mol. The summed E-state index contributed by atoms with van der Waals surface area (Å²) in [5, 5.41) is 37.6. The van der Waals surface area contributed by atoms with Gasteiger partial charge >= 0.3 is 5.97 Å². The second kappa shape index (κ2) is 9.81. The second-order valence-corrected chi connectivity index (χ2v) is 10.2. The lowest BCUT2D eigenvalue weighted by Gasteiger charge is -2.47. The van der Waals surface area contributed by atoms with Crippen molar-refractivity contribution in [3.63, 3.8) is 0 Å². The highest BCUT2D eigenvalue weighted by Gasteiger charge is 2.74. The minimum Gasteiger partial charge on any atom is -0.469 e. The standard InChI is InChI=1S/C26H28N2O9/c1-25(2,3)37-24(29)26(30)17(15-16-9-5-4-6-10-16)20(18-11-7-13-35-18)22(27(31)32)21(23(26)28(33)34)19-12-8-14-36-19/h4-14,17,20-23,30H,15H2,1-3H3/t17-,20-,21-,22+,23+,26-/m1/s1. The number of aliphatic hydroxyl groups is 1. The number of hydrogen-bond acceptors (Lipinski definition) is 9. The van der Waals surface area contributed by atoms with Crippen LogP contribution in [-0.2, 0) is 16.0 Å². The Hall–Kier alpha value is -3.99. The average Bonchev–Trinajstić information content (AvgIpc) is 3.53. The molecule has 1 aliphatic carbocycles. The van der Waals surface area contributed by atoms with Crippen molar-refractivity contribution in [2.24, 2.45) is 5.92 Å². The minimum atomic E-state index is -2.78. The molecular formula is C26H28N2O9. The van der Waals surface area contributed by atoms with E-state index in [1.54, 1.807) is 51.1 Å². The van der Waals surface area contributed by atoms with Gasteiger partial charge in [-0.05, 0) is 57.0 Å². The second-order valence-electron chi connectivity index (χ2n) is 10.2. The van der Waals surface area contributed by atoms with Crippen LogP contribution in [0.1, 0.15) is 49.7 Å². The Morgan fingerprint density at radius 1 is 0.946 bits per heavy atom. The highest BCUT2D eigenvalue weighted by molar-refractivity contribution is 5.82. The zero-order chi connectivity index (χ0) is 27.0. The highest BCUT2D eigenvalue weighted by Crippen LogP contribution is 2.53. The maximum absolute atomic E-state index is 13.8. The largest absolute Gasteiger partial charge is 0.469 e. The number of ether oxygens (including phenoxy) is 1. The molecule has 1 aliphatic rings. The molecule has 1 N–H and O–H groups in total. The zero-order valence-corrected chi connectivity index (χ0v) is 20.6. The van der Waals surface area contributed by atoms with Crippen molar-refractivity contribution in [1.82, 2.24) is 0 Å². The van der Waals surface area contributed by atoms with Crippen molar-refractivity contribution >= 4 is 5.97 Å². The van der Waals surface area contributed by atoms with E-state index in [4.69, 9.17) is 13.6 Å². The summed E-state index contributed by atoms with van der Waals surface area (Å²) in [5.74, 6) is -5.43. The van der Waals surface area contributed by atoms with Gasteiger partial charge in [0.25, 0.3) is 6.04 Å². The number of esters is 1. The number of hydrogen-bond donors (Lipinski definition) is 1. The molecule has 11 nitrogen and oxygen atoms in total. The fourth-order valence-electron chi connectivity index (χ4n) is 5.40. The third-order valence-corrected chi connectivity index (χ3v) is 6.76. The smallest absolute Gasteiger partial charge is 0.346 e. The van der Waals surface area contributed by atoms with E-state index in [1.807, 2.05) is 0 Å². The third-order valence-electron chi connectivity index (χ3n) is 6.76. The first-order valence-corrected chi connectivity index (χ1v) is 11.8. The van der Waals surface area contributed by atoms with Crippen molar-refractivity contribution in [1.29, 1.82) is 0 Å². The Bertz CT molecular complexity index is 1230. The molecule has 3 aromatic rings. The van der Waals surface area contributed by atoms with Crippen LogP contribution in [0.2, 0.25) is 0 Å². The summed E-state index contributed by atoms with van der Waals surface area (Å²) in [7, 11) is 0. The number of rotatable bonds is 7. The highest BCUT2D eigenvalue weighted by atomic mass is 16.6. The molecule has 1 aromatic carbocycles. The number of carbonyl (C=O) groups excluding carboxylic acids is 1. The van der Waals surface area contributed by atoms with Crippen LogP contribution in [0.15, 0.2) is 76.0 Å². The topological polar surface area (TPSA) is 159 Å². The van der Waals surface area contributed by atoms with E-state index in [0.29, 0.717) is 5.56 Å².